The standard InChI is InChI=1S/C20H23N3O2.ClH/c1-2-15-3-5-16(6-4-15)19(24)22-11-13-23(14-12-22)20(25)17-7-9-18(21)10-8-17;/h3-10H,2,11-14,21H2,1H3;1H. The zero-order valence-electron chi connectivity index (χ0n) is 14.9. The molecule has 5 nitrogen and oxygen atoms in total. The van der Waals surface area contributed by atoms with E-state index in [0.29, 0.717) is 43.0 Å². The highest BCUT2D eigenvalue weighted by Crippen LogP contribution is 2.14. The molecule has 1 saturated heterocycles. The van der Waals surface area contributed by atoms with Gasteiger partial charge in [0.05, 0.1) is 0 Å². The van der Waals surface area contributed by atoms with Crippen LogP contribution in [0.4, 0.5) is 5.69 Å². The molecule has 0 unspecified atom stereocenters. The Kier molecular flexibility index (Phi) is 6.64. The number of hydrogen-bond acceptors (Lipinski definition) is 3. The molecule has 1 aliphatic rings. The van der Waals surface area contributed by atoms with Crippen molar-refractivity contribution in [2.24, 2.45) is 0 Å². The lowest BCUT2D eigenvalue weighted by Crippen LogP contribution is -2.50. The van der Waals surface area contributed by atoms with Gasteiger partial charge in [-0.05, 0) is 48.4 Å². The van der Waals surface area contributed by atoms with Gasteiger partial charge in [0.2, 0.25) is 0 Å². The Morgan fingerprint density at radius 3 is 1.58 bits per heavy atom. The summed E-state index contributed by atoms with van der Waals surface area (Å²) in [6, 6.07) is 14.7. The van der Waals surface area contributed by atoms with E-state index in [1.165, 1.54) is 5.56 Å². The number of amides is 2. The molecule has 2 amide bonds. The van der Waals surface area contributed by atoms with Crippen molar-refractivity contribution in [1.82, 2.24) is 9.80 Å². The van der Waals surface area contributed by atoms with Crippen molar-refractivity contribution >= 4 is 29.9 Å². The molecule has 2 N–H and O–H groups in total. The van der Waals surface area contributed by atoms with Crippen molar-refractivity contribution in [3.05, 3.63) is 65.2 Å². The van der Waals surface area contributed by atoms with Crippen molar-refractivity contribution in [3.63, 3.8) is 0 Å². The fourth-order valence-corrected chi connectivity index (χ4v) is 2.99. The average molecular weight is 374 g/mol. The minimum atomic E-state index is -0.0144. The van der Waals surface area contributed by atoms with Gasteiger partial charge in [-0.3, -0.25) is 9.59 Å². The Labute approximate surface area is 160 Å². The number of carbonyl (C=O) groups is 2. The molecule has 138 valence electrons. The molecule has 0 aliphatic carbocycles. The first-order valence-corrected chi connectivity index (χ1v) is 8.61. The summed E-state index contributed by atoms with van der Waals surface area (Å²) in [7, 11) is 0. The summed E-state index contributed by atoms with van der Waals surface area (Å²) >= 11 is 0. The van der Waals surface area contributed by atoms with Crippen LogP contribution in [0.1, 0.15) is 33.2 Å². The van der Waals surface area contributed by atoms with E-state index in [-0.39, 0.29) is 24.2 Å². The summed E-state index contributed by atoms with van der Waals surface area (Å²) in [5, 5.41) is 0. The third kappa shape index (κ3) is 4.35. The second-order valence-corrected chi connectivity index (χ2v) is 6.26. The minimum absolute atomic E-state index is 0. The third-order valence-electron chi connectivity index (χ3n) is 4.62. The number of hydrogen-bond donors (Lipinski definition) is 1. The van der Waals surface area contributed by atoms with Gasteiger partial charge >= 0.3 is 0 Å². The second kappa shape index (κ2) is 8.72. The summed E-state index contributed by atoms with van der Waals surface area (Å²) in [6.07, 6.45) is 0.959. The summed E-state index contributed by atoms with van der Waals surface area (Å²) in [5.74, 6) is 0.0154. The van der Waals surface area contributed by atoms with Gasteiger partial charge in [0.25, 0.3) is 11.8 Å². The number of halogens is 1. The fraction of sp³-hybridized carbons (Fsp3) is 0.300. The van der Waals surface area contributed by atoms with E-state index in [2.05, 4.69) is 6.92 Å². The minimum Gasteiger partial charge on any atom is -0.399 e. The number of nitrogens with two attached hydrogens (primary N) is 1. The molecular formula is C20H24ClN3O2. The van der Waals surface area contributed by atoms with Crippen LogP contribution >= 0.6 is 12.4 Å². The van der Waals surface area contributed by atoms with Gasteiger partial charge in [0.15, 0.2) is 0 Å². The predicted octanol–water partition coefficient (Wildman–Crippen LogP) is 2.85. The Balaban J connectivity index is 0.00000243. The normalized spacial score (nSPS) is 13.9. The monoisotopic (exact) mass is 373 g/mol. The SMILES string of the molecule is CCc1ccc(C(=O)N2CCN(C(=O)c3ccc(N)cc3)CC2)cc1.Cl. The van der Waals surface area contributed by atoms with E-state index in [4.69, 9.17) is 5.73 Å². The average Bonchev–Trinajstić information content (AvgIpc) is 2.67. The molecule has 6 heteroatoms. The van der Waals surface area contributed by atoms with Gasteiger partial charge in [-0.1, -0.05) is 19.1 Å². The summed E-state index contributed by atoms with van der Waals surface area (Å²) < 4.78 is 0. The van der Waals surface area contributed by atoms with E-state index >= 15 is 0 Å². The summed E-state index contributed by atoms with van der Waals surface area (Å²) in [6.45, 7) is 4.28. The number of nitrogens with zero attached hydrogens (tertiary/aromatic N) is 2. The molecular weight excluding hydrogens is 350 g/mol. The molecule has 0 bridgehead atoms. The molecule has 1 fully saturated rings. The van der Waals surface area contributed by atoms with Gasteiger partial charge in [0, 0.05) is 43.0 Å². The third-order valence-corrected chi connectivity index (χ3v) is 4.62. The Bertz CT molecular complexity index is 752. The number of aryl methyl sites for hydroxylation is 1. The van der Waals surface area contributed by atoms with Crippen molar-refractivity contribution in [3.8, 4) is 0 Å². The van der Waals surface area contributed by atoms with Gasteiger partial charge < -0.3 is 15.5 Å². The van der Waals surface area contributed by atoms with Crippen molar-refractivity contribution in [2.45, 2.75) is 13.3 Å². The van der Waals surface area contributed by atoms with Crippen LogP contribution in [0.3, 0.4) is 0 Å². The molecule has 2 aromatic rings. The first-order valence-electron chi connectivity index (χ1n) is 8.61. The van der Waals surface area contributed by atoms with Crippen LogP contribution in [0, 0.1) is 0 Å². The van der Waals surface area contributed by atoms with Crippen LogP contribution in [0.5, 0.6) is 0 Å². The number of benzene rings is 2. The first-order chi connectivity index (χ1) is 12.1. The highest BCUT2D eigenvalue weighted by atomic mass is 35.5. The zero-order valence-corrected chi connectivity index (χ0v) is 15.7. The van der Waals surface area contributed by atoms with E-state index in [1.54, 1.807) is 29.2 Å². The summed E-state index contributed by atoms with van der Waals surface area (Å²) in [5.41, 5.74) is 8.85. The largest absolute Gasteiger partial charge is 0.399 e. The van der Waals surface area contributed by atoms with Gasteiger partial charge in [-0.25, -0.2) is 0 Å². The van der Waals surface area contributed by atoms with Crippen LogP contribution in [-0.4, -0.2) is 47.8 Å². The molecule has 2 aromatic carbocycles. The van der Waals surface area contributed by atoms with E-state index in [0.717, 1.165) is 6.42 Å². The lowest BCUT2D eigenvalue weighted by molar-refractivity contribution is 0.0535. The molecule has 0 spiro atoms. The van der Waals surface area contributed by atoms with Crippen LogP contribution in [0.2, 0.25) is 0 Å². The maximum absolute atomic E-state index is 12.6. The van der Waals surface area contributed by atoms with Crippen molar-refractivity contribution < 1.29 is 9.59 Å². The first kappa shape index (κ1) is 19.8. The number of anilines is 1. The Hall–Kier alpha value is -2.53. The molecule has 1 heterocycles. The highest BCUT2D eigenvalue weighted by Gasteiger charge is 2.25. The fourth-order valence-electron chi connectivity index (χ4n) is 2.99. The van der Waals surface area contributed by atoms with Gasteiger partial charge in [-0.15, -0.1) is 12.4 Å². The van der Waals surface area contributed by atoms with Crippen LogP contribution < -0.4 is 5.73 Å². The van der Waals surface area contributed by atoms with Crippen molar-refractivity contribution in [1.29, 1.82) is 0 Å². The van der Waals surface area contributed by atoms with Gasteiger partial charge in [0.1, 0.15) is 0 Å². The quantitative estimate of drug-likeness (QED) is 0.841. The number of rotatable bonds is 3. The van der Waals surface area contributed by atoms with Crippen LogP contribution in [0.15, 0.2) is 48.5 Å². The maximum atomic E-state index is 12.6. The topological polar surface area (TPSA) is 66.6 Å². The van der Waals surface area contributed by atoms with Crippen LogP contribution in [0.25, 0.3) is 0 Å². The molecule has 0 aromatic heterocycles. The van der Waals surface area contributed by atoms with E-state index in [9.17, 15) is 9.59 Å². The number of nitrogen functional groups attached to an aromatic ring is 1. The summed E-state index contributed by atoms with van der Waals surface area (Å²) in [4.78, 5) is 28.7. The van der Waals surface area contributed by atoms with E-state index in [1.807, 2.05) is 29.2 Å². The Morgan fingerprint density at radius 2 is 1.19 bits per heavy atom. The molecule has 0 radical (unpaired) electrons. The molecule has 1 aliphatic heterocycles. The number of carbonyl (C=O) groups excluding carboxylic acids is 2. The smallest absolute Gasteiger partial charge is 0.253 e. The van der Waals surface area contributed by atoms with Crippen molar-refractivity contribution in [2.75, 3.05) is 31.9 Å². The molecule has 26 heavy (non-hydrogen) atoms. The second-order valence-electron chi connectivity index (χ2n) is 6.26. The lowest BCUT2D eigenvalue weighted by atomic mass is 10.1. The van der Waals surface area contributed by atoms with Crippen LogP contribution in [-0.2, 0) is 6.42 Å². The molecule has 0 atom stereocenters. The Morgan fingerprint density at radius 1 is 0.808 bits per heavy atom. The zero-order chi connectivity index (χ0) is 17.8. The predicted molar refractivity (Wildman–Crippen MR) is 106 cm³/mol. The van der Waals surface area contributed by atoms with E-state index < -0.39 is 0 Å². The maximum Gasteiger partial charge on any atom is 0.253 e. The molecule has 3 rings (SSSR count). The molecule has 0 saturated carbocycles. The highest BCUT2D eigenvalue weighted by molar-refractivity contribution is 5.96. The lowest BCUT2D eigenvalue weighted by Gasteiger charge is -2.35. The number of piperazine rings is 1. The van der Waals surface area contributed by atoms with Gasteiger partial charge in [-0.2, -0.15) is 0 Å².